The minimum atomic E-state index is -1.36. The number of benzene rings is 4. The maximum Gasteiger partial charge on any atom is 0.321 e. The molecule has 5 rings (SSSR count). The van der Waals surface area contributed by atoms with Crippen molar-refractivity contribution < 1.29 is 18.8 Å². The highest BCUT2D eigenvalue weighted by Crippen LogP contribution is 2.29. The molecule has 1 aliphatic heterocycles. The van der Waals surface area contributed by atoms with Crippen molar-refractivity contribution in [2.75, 3.05) is 16.8 Å². The number of hydrogen-bond acceptors (Lipinski definition) is 4. The molecule has 0 aliphatic carbocycles. The molecular weight excluding hydrogens is 507 g/mol. The Morgan fingerprint density at radius 3 is 2.33 bits per heavy atom. The van der Waals surface area contributed by atoms with Gasteiger partial charge in [-0.1, -0.05) is 78.9 Å². The smallest absolute Gasteiger partial charge is 0.308 e. The van der Waals surface area contributed by atoms with E-state index in [1.807, 2.05) is 61.5 Å². The van der Waals surface area contributed by atoms with Gasteiger partial charge in [0.1, 0.15) is 5.82 Å². The van der Waals surface area contributed by atoms with Gasteiger partial charge in [0, 0.05) is 22.4 Å². The van der Waals surface area contributed by atoms with Gasteiger partial charge in [0.05, 0.1) is 17.9 Å². The maximum absolute atomic E-state index is 14.0. The lowest BCUT2D eigenvalue weighted by atomic mass is 9.99. The van der Waals surface area contributed by atoms with Crippen LogP contribution in [0.15, 0.2) is 102 Å². The number of aryl methyl sites for hydroxylation is 2. The van der Waals surface area contributed by atoms with Crippen molar-refractivity contribution in [1.29, 1.82) is 0 Å². The fourth-order valence-electron chi connectivity index (χ4n) is 4.59. The standard InChI is InChI=1S/C32H27FN4O3/c1-20-10-6-7-13-24(20)28(38)19-37-27-15-9-8-14-25(27)29(22-11-4-3-5-12-22)35-30(31(37)39)36-32(40)34-23-17-16-21(2)26(33)18-23/h3-18,30H,19H2,1-2H3,(H2,34,36,40). The molecule has 0 fully saturated rings. The van der Waals surface area contributed by atoms with Crippen molar-refractivity contribution in [2.24, 2.45) is 4.99 Å². The van der Waals surface area contributed by atoms with Gasteiger partial charge in [-0.2, -0.15) is 0 Å². The third-order valence-electron chi connectivity index (χ3n) is 6.70. The number of hydrogen-bond donors (Lipinski definition) is 2. The fraction of sp³-hybridized carbons (Fsp3) is 0.125. The second-order valence-corrected chi connectivity index (χ2v) is 9.49. The highest BCUT2D eigenvalue weighted by atomic mass is 19.1. The first-order valence-electron chi connectivity index (χ1n) is 12.8. The van der Waals surface area contributed by atoms with E-state index in [1.165, 1.54) is 11.0 Å². The highest BCUT2D eigenvalue weighted by Gasteiger charge is 2.34. The number of fused-ring (bicyclic) bond motifs is 1. The van der Waals surface area contributed by atoms with Crippen molar-refractivity contribution in [2.45, 2.75) is 20.0 Å². The molecule has 1 heterocycles. The summed E-state index contributed by atoms with van der Waals surface area (Å²) in [6, 6.07) is 27.3. The molecule has 1 unspecified atom stereocenters. The Kier molecular flexibility index (Phi) is 7.50. The van der Waals surface area contributed by atoms with E-state index >= 15 is 0 Å². The monoisotopic (exact) mass is 534 g/mol. The third-order valence-corrected chi connectivity index (χ3v) is 6.70. The number of nitrogens with zero attached hydrogens (tertiary/aromatic N) is 2. The molecule has 2 N–H and O–H groups in total. The molecule has 8 heteroatoms. The van der Waals surface area contributed by atoms with Crippen LogP contribution in [-0.2, 0) is 4.79 Å². The van der Waals surface area contributed by atoms with E-state index in [-0.39, 0.29) is 18.0 Å². The summed E-state index contributed by atoms with van der Waals surface area (Å²) in [4.78, 5) is 46.5. The number of carbonyl (C=O) groups is 3. The van der Waals surface area contributed by atoms with Crippen LogP contribution >= 0.6 is 0 Å². The van der Waals surface area contributed by atoms with E-state index in [0.717, 1.165) is 11.1 Å². The molecule has 0 saturated heterocycles. The minimum Gasteiger partial charge on any atom is -0.308 e. The normalized spacial score (nSPS) is 14.6. The molecule has 0 bridgehead atoms. The van der Waals surface area contributed by atoms with Gasteiger partial charge in [0.15, 0.2) is 5.78 Å². The summed E-state index contributed by atoms with van der Waals surface area (Å²) in [5.74, 6) is -1.29. The highest BCUT2D eigenvalue weighted by molar-refractivity contribution is 6.21. The van der Waals surface area contributed by atoms with Crippen molar-refractivity contribution in [1.82, 2.24) is 5.32 Å². The number of amides is 3. The summed E-state index contributed by atoms with van der Waals surface area (Å²) >= 11 is 0. The number of carbonyl (C=O) groups excluding carboxylic acids is 3. The topological polar surface area (TPSA) is 90.9 Å². The Balaban J connectivity index is 1.53. The molecule has 4 aromatic carbocycles. The summed E-state index contributed by atoms with van der Waals surface area (Å²) in [6.45, 7) is 3.21. The van der Waals surface area contributed by atoms with Crippen molar-refractivity contribution in [3.63, 3.8) is 0 Å². The lowest BCUT2D eigenvalue weighted by Crippen LogP contribution is -2.50. The quantitative estimate of drug-likeness (QED) is 0.313. The number of nitrogens with one attached hydrogen (secondary N) is 2. The van der Waals surface area contributed by atoms with Gasteiger partial charge in [-0.05, 0) is 43.2 Å². The Bertz CT molecular complexity index is 1630. The van der Waals surface area contributed by atoms with Crippen LogP contribution < -0.4 is 15.5 Å². The Morgan fingerprint density at radius 2 is 1.57 bits per heavy atom. The Hall–Kier alpha value is -5.11. The van der Waals surface area contributed by atoms with E-state index < -0.39 is 23.9 Å². The zero-order valence-electron chi connectivity index (χ0n) is 22.0. The number of benzodiazepines with no additional fused rings is 1. The molecule has 0 saturated carbocycles. The molecule has 3 amide bonds. The van der Waals surface area contributed by atoms with Gasteiger partial charge in [0.2, 0.25) is 6.17 Å². The van der Waals surface area contributed by atoms with E-state index in [9.17, 15) is 18.8 Å². The molecule has 0 aromatic heterocycles. The minimum absolute atomic E-state index is 0.226. The van der Waals surface area contributed by atoms with Gasteiger partial charge in [-0.3, -0.25) is 9.59 Å². The van der Waals surface area contributed by atoms with Crippen LogP contribution in [0.3, 0.4) is 0 Å². The molecule has 1 atom stereocenters. The van der Waals surface area contributed by atoms with E-state index in [4.69, 9.17) is 4.99 Å². The van der Waals surface area contributed by atoms with Crippen LogP contribution in [0.1, 0.15) is 32.6 Å². The number of urea groups is 1. The molecule has 40 heavy (non-hydrogen) atoms. The number of ketones is 1. The first-order chi connectivity index (χ1) is 19.3. The number of anilines is 2. The zero-order chi connectivity index (χ0) is 28.2. The van der Waals surface area contributed by atoms with Crippen molar-refractivity contribution in [3.8, 4) is 0 Å². The molecule has 4 aromatic rings. The summed E-state index contributed by atoms with van der Waals surface area (Å²) in [7, 11) is 0. The maximum atomic E-state index is 14.0. The third kappa shape index (κ3) is 5.51. The fourth-order valence-corrected chi connectivity index (χ4v) is 4.59. The molecule has 7 nitrogen and oxygen atoms in total. The largest absolute Gasteiger partial charge is 0.321 e. The Morgan fingerprint density at radius 1 is 0.875 bits per heavy atom. The van der Waals surface area contributed by atoms with Crippen LogP contribution in [0.5, 0.6) is 0 Å². The lowest BCUT2D eigenvalue weighted by Gasteiger charge is -2.25. The molecule has 0 radical (unpaired) electrons. The predicted octanol–water partition coefficient (Wildman–Crippen LogP) is 5.66. The number of aliphatic imine (C=N–C) groups is 1. The van der Waals surface area contributed by atoms with Crippen LogP contribution in [0.25, 0.3) is 0 Å². The number of halogens is 1. The summed E-state index contributed by atoms with van der Waals surface area (Å²) < 4.78 is 14.0. The first-order valence-corrected chi connectivity index (χ1v) is 12.8. The number of para-hydroxylation sites is 1. The predicted molar refractivity (Wildman–Crippen MR) is 153 cm³/mol. The van der Waals surface area contributed by atoms with E-state index in [1.54, 1.807) is 43.3 Å². The molecule has 1 aliphatic rings. The zero-order valence-corrected chi connectivity index (χ0v) is 22.0. The van der Waals surface area contributed by atoms with E-state index in [0.29, 0.717) is 28.1 Å². The van der Waals surface area contributed by atoms with Crippen molar-refractivity contribution >= 4 is 34.8 Å². The summed E-state index contributed by atoms with van der Waals surface area (Å²) in [6.07, 6.45) is -1.36. The molecule has 0 spiro atoms. The second-order valence-electron chi connectivity index (χ2n) is 9.49. The van der Waals surface area contributed by atoms with Crippen LogP contribution in [0.2, 0.25) is 0 Å². The lowest BCUT2D eigenvalue weighted by molar-refractivity contribution is -0.120. The SMILES string of the molecule is Cc1ccc(NC(=O)NC2N=C(c3ccccc3)c3ccccc3N(CC(=O)c3ccccc3C)C2=O)cc1F. The van der Waals surface area contributed by atoms with Crippen LogP contribution in [-0.4, -0.2) is 36.1 Å². The molecular formula is C32H27FN4O3. The van der Waals surface area contributed by atoms with E-state index in [2.05, 4.69) is 10.6 Å². The van der Waals surface area contributed by atoms with Gasteiger partial charge >= 0.3 is 6.03 Å². The average Bonchev–Trinajstić information content (AvgIpc) is 3.06. The number of rotatable bonds is 6. The summed E-state index contributed by atoms with van der Waals surface area (Å²) in [5, 5.41) is 5.18. The van der Waals surface area contributed by atoms with Gasteiger partial charge in [-0.25, -0.2) is 14.2 Å². The van der Waals surface area contributed by atoms with Crippen LogP contribution in [0, 0.1) is 19.7 Å². The first kappa shape index (κ1) is 26.5. The Labute approximate surface area is 231 Å². The molecule has 200 valence electrons. The van der Waals surface area contributed by atoms with Crippen LogP contribution in [0.4, 0.5) is 20.6 Å². The van der Waals surface area contributed by atoms with Gasteiger partial charge < -0.3 is 15.5 Å². The number of Topliss-reactive ketones (excluding diaryl/α,β-unsaturated/α-hetero) is 1. The average molecular weight is 535 g/mol. The van der Waals surface area contributed by atoms with Crippen molar-refractivity contribution in [3.05, 3.63) is 131 Å². The van der Waals surface area contributed by atoms with Gasteiger partial charge in [-0.15, -0.1) is 0 Å². The van der Waals surface area contributed by atoms with Gasteiger partial charge in [0.25, 0.3) is 5.91 Å². The summed E-state index contributed by atoms with van der Waals surface area (Å²) in [5.41, 5.74) is 4.34. The second kappa shape index (κ2) is 11.3.